The summed E-state index contributed by atoms with van der Waals surface area (Å²) in [6.07, 6.45) is 2.11. The molecule has 0 aliphatic carbocycles. The minimum absolute atomic E-state index is 0.195. The standard InChI is InChI=1S/C13H12Br2N2O/c1-2-3-9-10(14)6-8(7-11(9)15)12-4-5-13(18)17-16-12/h4-7H,2-3H2,1H3,(H,17,18). The number of nitrogens with one attached hydrogen (secondary N) is 1. The smallest absolute Gasteiger partial charge is 0.264 e. The van der Waals surface area contributed by atoms with Crippen LogP contribution in [0.4, 0.5) is 0 Å². The normalized spacial score (nSPS) is 10.6. The van der Waals surface area contributed by atoms with Gasteiger partial charge in [-0.15, -0.1) is 0 Å². The molecular formula is C13H12Br2N2O. The number of benzene rings is 1. The molecule has 1 heterocycles. The molecule has 94 valence electrons. The maximum absolute atomic E-state index is 11.0. The fourth-order valence-electron chi connectivity index (χ4n) is 1.74. The number of H-pyrrole nitrogens is 1. The van der Waals surface area contributed by atoms with E-state index < -0.39 is 0 Å². The van der Waals surface area contributed by atoms with Gasteiger partial charge in [-0.05, 0) is 30.2 Å². The maximum atomic E-state index is 11.0. The van der Waals surface area contributed by atoms with Crippen LogP contribution in [0.25, 0.3) is 11.3 Å². The van der Waals surface area contributed by atoms with E-state index in [9.17, 15) is 4.79 Å². The van der Waals surface area contributed by atoms with Gasteiger partial charge in [-0.1, -0.05) is 45.2 Å². The topological polar surface area (TPSA) is 45.8 Å². The molecule has 18 heavy (non-hydrogen) atoms. The van der Waals surface area contributed by atoms with Crippen LogP contribution in [-0.2, 0) is 6.42 Å². The highest BCUT2D eigenvalue weighted by Gasteiger charge is 2.09. The maximum Gasteiger partial charge on any atom is 0.264 e. The minimum Gasteiger partial charge on any atom is -0.268 e. The van der Waals surface area contributed by atoms with Gasteiger partial charge in [0.15, 0.2) is 0 Å². The summed E-state index contributed by atoms with van der Waals surface area (Å²) in [6, 6.07) is 7.24. The molecule has 0 aliphatic rings. The van der Waals surface area contributed by atoms with E-state index in [4.69, 9.17) is 0 Å². The molecule has 3 nitrogen and oxygen atoms in total. The van der Waals surface area contributed by atoms with Gasteiger partial charge in [0.1, 0.15) is 0 Å². The molecular weight excluding hydrogens is 360 g/mol. The predicted octanol–water partition coefficient (Wildman–Crippen LogP) is 3.91. The summed E-state index contributed by atoms with van der Waals surface area (Å²) in [6.45, 7) is 2.15. The van der Waals surface area contributed by atoms with Crippen LogP contribution in [0.15, 0.2) is 38.0 Å². The van der Waals surface area contributed by atoms with Crippen LogP contribution in [0.2, 0.25) is 0 Å². The van der Waals surface area contributed by atoms with Gasteiger partial charge in [0.05, 0.1) is 5.69 Å². The van der Waals surface area contributed by atoms with Crippen molar-refractivity contribution in [3.8, 4) is 11.3 Å². The Labute approximate surface area is 122 Å². The third-order valence-corrected chi connectivity index (χ3v) is 4.03. The van der Waals surface area contributed by atoms with Crippen molar-refractivity contribution in [2.45, 2.75) is 19.8 Å². The molecule has 0 bridgehead atoms. The van der Waals surface area contributed by atoms with Gasteiger partial charge in [0.2, 0.25) is 0 Å². The molecule has 0 saturated heterocycles. The molecule has 1 N–H and O–H groups in total. The third-order valence-electron chi connectivity index (χ3n) is 2.62. The zero-order chi connectivity index (χ0) is 13.1. The molecule has 1 aromatic heterocycles. The predicted molar refractivity (Wildman–Crippen MR) is 79.7 cm³/mol. The van der Waals surface area contributed by atoms with Crippen molar-refractivity contribution in [3.63, 3.8) is 0 Å². The highest BCUT2D eigenvalue weighted by atomic mass is 79.9. The van der Waals surface area contributed by atoms with Crippen LogP contribution in [0.1, 0.15) is 18.9 Å². The molecule has 0 saturated carbocycles. The van der Waals surface area contributed by atoms with E-state index in [1.54, 1.807) is 6.07 Å². The number of nitrogens with zero attached hydrogens (tertiary/aromatic N) is 1. The molecule has 2 aromatic rings. The highest BCUT2D eigenvalue weighted by molar-refractivity contribution is 9.11. The number of hydrogen-bond acceptors (Lipinski definition) is 2. The Morgan fingerprint density at radius 2 is 1.89 bits per heavy atom. The van der Waals surface area contributed by atoms with Gasteiger partial charge in [0, 0.05) is 20.6 Å². The average molecular weight is 372 g/mol. The second-order valence-corrected chi connectivity index (χ2v) is 5.68. The van der Waals surface area contributed by atoms with E-state index in [0.717, 1.165) is 33.0 Å². The van der Waals surface area contributed by atoms with E-state index >= 15 is 0 Å². The van der Waals surface area contributed by atoms with E-state index in [0.29, 0.717) is 0 Å². The Bertz CT molecular complexity index is 579. The quantitative estimate of drug-likeness (QED) is 0.888. The number of halogens is 2. The summed E-state index contributed by atoms with van der Waals surface area (Å²) in [7, 11) is 0. The minimum atomic E-state index is -0.195. The number of aromatic nitrogens is 2. The Morgan fingerprint density at radius 1 is 1.22 bits per heavy atom. The van der Waals surface area contributed by atoms with Gasteiger partial charge in [0.25, 0.3) is 5.56 Å². The first kappa shape index (κ1) is 13.5. The van der Waals surface area contributed by atoms with Gasteiger partial charge in [-0.2, -0.15) is 5.10 Å². The Balaban J connectivity index is 2.47. The summed E-state index contributed by atoms with van der Waals surface area (Å²) in [5, 5.41) is 6.47. The highest BCUT2D eigenvalue weighted by Crippen LogP contribution is 2.32. The van der Waals surface area contributed by atoms with Crippen molar-refractivity contribution in [1.29, 1.82) is 0 Å². The molecule has 0 fully saturated rings. The lowest BCUT2D eigenvalue weighted by atomic mass is 10.1. The van der Waals surface area contributed by atoms with Gasteiger partial charge >= 0.3 is 0 Å². The van der Waals surface area contributed by atoms with Crippen LogP contribution < -0.4 is 5.56 Å². The summed E-state index contributed by atoms with van der Waals surface area (Å²) >= 11 is 7.16. The van der Waals surface area contributed by atoms with Crippen molar-refractivity contribution in [2.75, 3.05) is 0 Å². The molecule has 0 aliphatic heterocycles. The van der Waals surface area contributed by atoms with Crippen LogP contribution in [-0.4, -0.2) is 10.2 Å². The number of hydrogen-bond donors (Lipinski definition) is 1. The van der Waals surface area contributed by atoms with Crippen LogP contribution in [0.3, 0.4) is 0 Å². The van der Waals surface area contributed by atoms with Crippen LogP contribution in [0.5, 0.6) is 0 Å². The summed E-state index contributed by atoms with van der Waals surface area (Å²) in [5.41, 5.74) is 2.77. The second kappa shape index (κ2) is 5.80. The van der Waals surface area contributed by atoms with E-state index in [1.165, 1.54) is 11.6 Å². The fourth-order valence-corrected chi connectivity index (χ4v) is 3.33. The van der Waals surface area contributed by atoms with E-state index in [2.05, 4.69) is 49.0 Å². The van der Waals surface area contributed by atoms with Crippen molar-refractivity contribution >= 4 is 31.9 Å². The number of aromatic amines is 1. The lowest BCUT2D eigenvalue weighted by Crippen LogP contribution is -2.05. The first-order chi connectivity index (χ1) is 8.61. The molecule has 0 radical (unpaired) electrons. The molecule has 0 atom stereocenters. The molecule has 0 unspecified atom stereocenters. The third kappa shape index (κ3) is 2.90. The van der Waals surface area contributed by atoms with Gasteiger partial charge < -0.3 is 0 Å². The lowest BCUT2D eigenvalue weighted by Gasteiger charge is -2.09. The number of rotatable bonds is 3. The molecule has 5 heteroatoms. The van der Waals surface area contributed by atoms with Crippen molar-refractivity contribution in [2.24, 2.45) is 0 Å². The fraction of sp³-hybridized carbons (Fsp3) is 0.231. The van der Waals surface area contributed by atoms with Gasteiger partial charge in [-0.25, -0.2) is 5.10 Å². The largest absolute Gasteiger partial charge is 0.268 e. The zero-order valence-corrected chi connectivity index (χ0v) is 13.0. The first-order valence-electron chi connectivity index (χ1n) is 5.66. The lowest BCUT2D eigenvalue weighted by molar-refractivity contribution is 0.911. The average Bonchev–Trinajstić information content (AvgIpc) is 2.34. The van der Waals surface area contributed by atoms with Gasteiger partial charge in [-0.3, -0.25) is 4.79 Å². The first-order valence-corrected chi connectivity index (χ1v) is 7.24. The second-order valence-electron chi connectivity index (χ2n) is 3.97. The Kier molecular flexibility index (Phi) is 4.35. The van der Waals surface area contributed by atoms with E-state index in [1.807, 2.05) is 12.1 Å². The molecule has 0 amide bonds. The Hall–Kier alpha value is -0.940. The monoisotopic (exact) mass is 370 g/mol. The van der Waals surface area contributed by atoms with Crippen molar-refractivity contribution in [1.82, 2.24) is 10.2 Å². The van der Waals surface area contributed by atoms with Crippen molar-refractivity contribution in [3.05, 3.63) is 49.1 Å². The molecule has 0 spiro atoms. The van der Waals surface area contributed by atoms with Crippen molar-refractivity contribution < 1.29 is 0 Å². The van der Waals surface area contributed by atoms with E-state index in [-0.39, 0.29) is 5.56 Å². The molecule has 2 rings (SSSR count). The summed E-state index contributed by atoms with van der Waals surface area (Å²) in [4.78, 5) is 11.0. The Morgan fingerprint density at radius 3 is 2.39 bits per heavy atom. The summed E-state index contributed by atoms with van der Waals surface area (Å²) in [5.74, 6) is 0. The zero-order valence-electron chi connectivity index (χ0n) is 9.84. The molecule has 1 aromatic carbocycles. The SMILES string of the molecule is CCCc1c(Br)cc(-c2ccc(=O)[nH]n2)cc1Br. The van der Waals surface area contributed by atoms with Crippen LogP contribution >= 0.6 is 31.9 Å². The van der Waals surface area contributed by atoms with Crippen LogP contribution in [0, 0.1) is 0 Å². The summed E-state index contributed by atoms with van der Waals surface area (Å²) < 4.78 is 2.11.